The second kappa shape index (κ2) is 8.29. The second-order valence-electron chi connectivity index (χ2n) is 5.99. The van der Waals surface area contributed by atoms with E-state index in [1.807, 2.05) is 19.1 Å². The van der Waals surface area contributed by atoms with E-state index in [0.717, 1.165) is 25.8 Å². The quantitative estimate of drug-likeness (QED) is 0.861. The van der Waals surface area contributed by atoms with Crippen molar-refractivity contribution in [3.05, 3.63) is 29.8 Å². The maximum Gasteiger partial charge on any atom is 0.240 e. The molecule has 1 fully saturated rings. The van der Waals surface area contributed by atoms with Crippen LogP contribution in [-0.4, -0.2) is 27.0 Å². The lowest BCUT2D eigenvalue weighted by molar-refractivity contribution is 0.349. The molecule has 0 radical (unpaired) electrons. The summed E-state index contributed by atoms with van der Waals surface area (Å²) in [6.45, 7) is 7.27. The first-order chi connectivity index (χ1) is 9.94. The molecule has 0 saturated carbocycles. The monoisotopic (exact) mass is 346 g/mol. The molecule has 1 aromatic rings. The van der Waals surface area contributed by atoms with Gasteiger partial charge in [-0.1, -0.05) is 26.0 Å². The first-order valence-electron chi connectivity index (χ1n) is 7.79. The Hall–Kier alpha value is -0.620. The number of halogens is 1. The molecule has 1 aliphatic heterocycles. The van der Waals surface area contributed by atoms with Gasteiger partial charge in [0.2, 0.25) is 10.0 Å². The Kier molecular flexibility index (Phi) is 7.32. The SMILES string of the molecule is CCC(C)c1ccc(S(=O)(=O)NC2CCCNC2C)cc1.Cl. The molecule has 1 heterocycles. The van der Waals surface area contributed by atoms with Crippen molar-refractivity contribution in [2.75, 3.05) is 6.54 Å². The molecule has 3 atom stereocenters. The third-order valence-electron chi connectivity index (χ3n) is 4.44. The first kappa shape index (κ1) is 19.4. The standard InChI is InChI=1S/C16H26N2O2S.ClH/c1-4-12(2)14-7-9-15(10-8-14)21(19,20)18-16-6-5-11-17-13(16)3;/h7-10,12-13,16-18H,4-6,11H2,1-3H3;1H. The van der Waals surface area contributed by atoms with E-state index >= 15 is 0 Å². The summed E-state index contributed by atoms with van der Waals surface area (Å²) in [5, 5.41) is 3.31. The number of hydrogen-bond donors (Lipinski definition) is 2. The van der Waals surface area contributed by atoms with Crippen LogP contribution >= 0.6 is 12.4 Å². The third-order valence-corrected chi connectivity index (χ3v) is 5.95. The predicted molar refractivity (Wildman–Crippen MR) is 93.2 cm³/mol. The van der Waals surface area contributed by atoms with Crippen molar-refractivity contribution in [2.24, 2.45) is 0 Å². The van der Waals surface area contributed by atoms with Gasteiger partial charge in [-0.05, 0) is 56.3 Å². The zero-order valence-electron chi connectivity index (χ0n) is 13.5. The van der Waals surface area contributed by atoms with Crippen LogP contribution in [0.15, 0.2) is 29.2 Å². The maximum absolute atomic E-state index is 12.5. The normalized spacial score (nSPS) is 23.6. The molecular weight excluding hydrogens is 320 g/mol. The molecule has 126 valence electrons. The van der Waals surface area contributed by atoms with E-state index in [9.17, 15) is 8.42 Å². The highest BCUT2D eigenvalue weighted by Crippen LogP contribution is 2.21. The lowest BCUT2D eigenvalue weighted by Crippen LogP contribution is -2.51. The van der Waals surface area contributed by atoms with Gasteiger partial charge in [0.25, 0.3) is 0 Å². The molecule has 2 rings (SSSR count). The molecule has 1 aliphatic rings. The largest absolute Gasteiger partial charge is 0.313 e. The molecule has 0 amide bonds. The molecule has 3 unspecified atom stereocenters. The van der Waals surface area contributed by atoms with Crippen LogP contribution in [0.2, 0.25) is 0 Å². The second-order valence-corrected chi connectivity index (χ2v) is 7.71. The van der Waals surface area contributed by atoms with Gasteiger partial charge in [-0.2, -0.15) is 0 Å². The average Bonchev–Trinajstić information content (AvgIpc) is 2.49. The van der Waals surface area contributed by atoms with Crippen LogP contribution in [0.5, 0.6) is 0 Å². The molecule has 2 N–H and O–H groups in total. The van der Waals surface area contributed by atoms with Crippen LogP contribution in [0.3, 0.4) is 0 Å². The maximum atomic E-state index is 12.5. The lowest BCUT2D eigenvalue weighted by atomic mass is 9.99. The molecule has 1 saturated heterocycles. The summed E-state index contributed by atoms with van der Waals surface area (Å²) >= 11 is 0. The van der Waals surface area contributed by atoms with Crippen LogP contribution in [0, 0.1) is 0 Å². The van der Waals surface area contributed by atoms with E-state index in [-0.39, 0.29) is 24.5 Å². The summed E-state index contributed by atoms with van der Waals surface area (Å²) in [4.78, 5) is 0.354. The Balaban J connectivity index is 0.00000242. The van der Waals surface area contributed by atoms with Crippen molar-refractivity contribution >= 4 is 22.4 Å². The number of piperidine rings is 1. The number of sulfonamides is 1. The van der Waals surface area contributed by atoms with E-state index in [2.05, 4.69) is 23.9 Å². The summed E-state index contributed by atoms with van der Waals surface area (Å²) in [7, 11) is -3.43. The van der Waals surface area contributed by atoms with Gasteiger partial charge < -0.3 is 5.32 Å². The van der Waals surface area contributed by atoms with Gasteiger partial charge in [-0.3, -0.25) is 0 Å². The van der Waals surface area contributed by atoms with Crippen molar-refractivity contribution in [3.63, 3.8) is 0 Å². The van der Waals surface area contributed by atoms with Crippen molar-refractivity contribution in [1.29, 1.82) is 0 Å². The number of nitrogens with one attached hydrogen (secondary N) is 2. The van der Waals surface area contributed by atoms with Gasteiger partial charge in [0.1, 0.15) is 0 Å². The molecule has 0 spiro atoms. The fraction of sp³-hybridized carbons (Fsp3) is 0.625. The van der Waals surface area contributed by atoms with Gasteiger partial charge in [0.15, 0.2) is 0 Å². The molecule has 22 heavy (non-hydrogen) atoms. The van der Waals surface area contributed by atoms with Crippen LogP contribution < -0.4 is 10.0 Å². The van der Waals surface area contributed by atoms with Crippen molar-refractivity contribution in [1.82, 2.24) is 10.0 Å². The van der Waals surface area contributed by atoms with Crippen LogP contribution in [0.4, 0.5) is 0 Å². The summed E-state index contributed by atoms with van der Waals surface area (Å²) in [6.07, 6.45) is 2.94. The summed E-state index contributed by atoms with van der Waals surface area (Å²) < 4.78 is 27.7. The Morgan fingerprint density at radius 3 is 2.50 bits per heavy atom. The fourth-order valence-electron chi connectivity index (χ4n) is 2.68. The molecule has 0 aromatic heterocycles. The number of rotatable bonds is 5. The number of hydrogen-bond acceptors (Lipinski definition) is 3. The summed E-state index contributed by atoms with van der Waals surface area (Å²) in [5.74, 6) is 0.456. The molecule has 1 aromatic carbocycles. The zero-order chi connectivity index (χ0) is 15.5. The summed E-state index contributed by atoms with van der Waals surface area (Å²) in [6, 6.07) is 7.41. The van der Waals surface area contributed by atoms with Crippen LogP contribution in [0.1, 0.15) is 51.5 Å². The minimum Gasteiger partial charge on any atom is -0.313 e. The van der Waals surface area contributed by atoms with Gasteiger partial charge in [0, 0.05) is 12.1 Å². The smallest absolute Gasteiger partial charge is 0.240 e. The predicted octanol–water partition coefficient (Wildman–Crippen LogP) is 3.04. The Morgan fingerprint density at radius 1 is 1.32 bits per heavy atom. The topological polar surface area (TPSA) is 58.2 Å². The van der Waals surface area contributed by atoms with E-state index in [4.69, 9.17) is 0 Å². The van der Waals surface area contributed by atoms with Crippen LogP contribution in [-0.2, 0) is 10.0 Å². The van der Waals surface area contributed by atoms with Crippen molar-refractivity contribution < 1.29 is 8.42 Å². The van der Waals surface area contributed by atoms with E-state index in [1.54, 1.807) is 12.1 Å². The van der Waals surface area contributed by atoms with Gasteiger partial charge in [-0.25, -0.2) is 13.1 Å². The Morgan fingerprint density at radius 2 is 1.95 bits per heavy atom. The molecule has 0 aliphatic carbocycles. The Bertz CT molecular complexity index is 560. The molecular formula is C16H27ClN2O2S. The molecule has 0 bridgehead atoms. The minimum absolute atomic E-state index is 0. The molecule has 4 nitrogen and oxygen atoms in total. The van der Waals surface area contributed by atoms with Crippen molar-refractivity contribution in [2.45, 2.75) is 62.9 Å². The highest BCUT2D eigenvalue weighted by atomic mass is 35.5. The average molecular weight is 347 g/mol. The van der Waals surface area contributed by atoms with Gasteiger partial charge >= 0.3 is 0 Å². The van der Waals surface area contributed by atoms with Crippen molar-refractivity contribution in [3.8, 4) is 0 Å². The third kappa shape index (κ3) is 4.69. The van der Waals surface area contributed by atoms with Gasteiger partial charge in [-0.15, -0.1) is 12.4 Å². The van der Waals surface area contributed by atoms with E-state index in [1.165, 1.54) is 5.56 Å². The fourth-order valence-corrected chi connectivity index (χ4v) is 4.03. The minimum atomic E-state index is -3.43. The van der Waals surface area contributed by atoms with Crippen LogP contribution in [0.25, 0.3) is 0 Å². The highest BCUT2D eigenvalue weighted by molar-refractivity contribution is 7.89. The first-order valence-corrected chi connectivity index (χ1v) is 9.28. The zero-order valence-corrected chi connectivity index (χ0v) is 15.1. The highest BCUT2D eigenvalue weighted by Gasteiger charge is 2.26. The summed E-state index contributed by atoms with van der Waals surface area (Å²) in [5.41, 5.74) is 1.18. The lowest BCUT2D eigenvalue weighted by Gasteiger charge is -2.30. The Labute approximate surface area is 140 Å². The van der Waals surface area contributed by atoms with Gasteiger partial charge in [0.05, 0.1) is 4.90 Å². The van der Waals surface area contributed by atoms with E-state index < -0.39 is 10.0 Å². The molecule has 6 heteroatoms. The number of benzene rings is 1. The van der Waals surface area contributed by atoms with E-state index in [0.29, 0.717) is 10.8 Å².